The molecule has 272 valence electrons. The number of urea groups is 1. The zero-order valence-corrected chi connectivity index (χ0v) is 29.5. The second kappa shape index (κ2) is 17.7. The minimum atomic E-state index is -1.28. The highest BCUT2D eigenvalue weighted by Crippen LogP contribution is 2.29. The van der Waals surface area contributed by atoms with E-state index in [1.165, 1.54) is 24.3 Å². The maximum absolute atomic E-state index is 14.2. The van der Waals surface area contributed by atoms with E-state index in [-0.39, 0.29) is 37.3 Å². The lowest BCUT2D eigenvalue weighted by atomic mass is 10.0. The molecule has 0 saturated carbocycles. The van der Waals surface area contributed by atoms with Crippen LogP contribution in [0.5, 0.6) is 0 Å². The lowest BCUT2D eigenvalue weighted by Gasteiger charge is -2.20. The summed E-state index contributed by atoms with van der Waals surface area (Å²) < 4.78 is 38.8. The van der Waals surface area contributed by atoms with Crippen molar-refractivity contribution in [3.63, 3.8) is 0 Å². The summed E-state index contributed by atoms with van der Waals surface area (Å²) in [6.45, 7) is 5.62. The van der Waals surface area contributed by atoms with E-state index in [1.807, 2.05) is 69.3 Å². The molecule has 5 rings (SSSR count). The summed E-state index contributed by atoms with van der Waals surface area (Å²) >= 11 is 0. The zero-order chi connectivity index (χ0) is 37.9. The van der Waals surface area contributed by atoms with Crippen molar-refractivity contribution in [2.45, 2.75) is 52.9 Å². The Hall–Kier alpha value is -6.36. The third kappa shape index (κ3) is 10.6. The molecular formula is C42H39F2N3O6. The van der Waals surface area contributed by atoms with E-state index >= 15 is 0 Å². The van der Waals surface area contributed by atoms with Crippen LogP contribution in [0.25, 0.3) is 11.1 Å². The van der Waals surface area contributed by atoms with Gasteiger partial charge >= 0.3 is 18.0 Å². The van der Waals surface area contributed by atoms with Gasteiger partial charge in [-0.3, -0.25) is 9.59 Å². The fourth-order valence-corrected chi connectivity index (χ4v) is 5.73. The molecule has 5 aromatic rings. The average molecular weight is 720 g/mol. The number of nitrogens with one attached hydrogen (secondary N) is 3. The predicted molar refractivity (Wildman–Crippen MR) is 198 cm³/mol. The van der Waals surface area contributed by atoms with Gasteiger partial charge in [-0.1, -0.05) is 90.5 Å². The van der Waals surface area contributed by atoms with Gasteiger partial charge in [0.1, 0.15) is 19.3 Å². The van der Waals surface area contributed by atoms with Gasteiger partial charge in [0.15, 0.2) is 11.6 Å². The summed E-state index contributed by atoms with van der Waals surface area (Å²) in [5, 5.41) is 8.19. The molecule has 0 bridgehead atoms. The van der Waals surface area contributed by atoms with Gasteiger partial charge in [-0.15, -0.1) is 0 Å². The molecule has 0 aliphatic heterocycles. The third-order valence-corrected chi connectivity index (χ3v) is 8.37. The van der Waals surface area contributed by atoms with Crippen molar-refractivity contribution in [2.24, 2.45) is 0 Å². The molecule has 0 saturated heterocycles. The van der Waals surface area contributed by atoms with Gasteiger partial charge in [0, 0.05) is 12.1 Å². The third-order valence-electron chi connectivity index (χ3n) is 8.37. The molecule has 5 aromatic carbocycles. The Balaban J connectivity index is 1.39. The van der Waals surface area contributed by atoms with Crippen LogP contribution in [0.3, 0.4) is 0 Å². The normalized spacial score (nSPS) is 11.3. The number of ether oxygens (including phenoxy) is 2. The zero-order valence-electron chi connectivity index (χ0n) is 29.5. The van der Waals surface area contributed by atoms with Crippen molar-refractivity contribution in [1.82, 2.24) is 5.32 Å². The Morgan fingerprint density at radius 2 is 1.25 bits per heavy atom. The number of amides is 3. The van der Waals surface area contributed by atoms with E-state index in [1.54, 1.807) is 24.3 Å². The molecule has 0 aliphatic carbocycles. The predicted octanol–water partition coefficient (Wildman–Crippen LogP) is 8.57. The lowest BCUT2D eigenvalue weighted by molar-refractivity contribution is -0.148. The minimum Gasteiger partial charge on any atom is -0.461 e. The van der Waals surface area contributed by atoms with Crippen molar-refractivity contribution in [3.05, 3.63) is 154 Å². The molecule has 0 fully saturated rings. The smallest absolute Gasteiger partial charge is 0.328 e. The molecule has 11 heteroatoms. The van der Waals surface area contributed by atoms with Crippen LogP contribution in [0.2, 0.25) is 0 Å². The molecule has 53 heavy (non-hydrogen) atoms. The number of aryl methyl sites for hydroxylation is 3. The Bertz CT molecular complexity index is 2080. The summed E-state index contributed by atoms with van der Waals surface area (Å²) in [6.07, 6.45) is -0.356. The standard InChI is InChI=1S/C42H39F2N3O6/c1-26-20-27(2)39(28(3)21-26)47-42(51)46-37-23-32(31-15-17-34(43)35(44)22-31)14-16-33(37)40(49)45-36(41(50)53-25-30-12-8-5-9-13-30)18-19-38(48)52-24-29-10-6-4-7-11-29/h4-17,20-23,36H,18-19,24-25H2,1-3H3,(H,45,49)(H2,46,47,51)/t36-/m1/s1. The fourth-order valence-electron chi connectivity index (χ4n) is 5.73. The van der Waals surface area contributed by atoms with Gasteiger partial charge in [0.2, 0.25) is 0 Å². The molecular weight excluding hydrogens is 680 g/mol. The number of anilines is 2. The van der Waals surface area contributed by atoms with E-state index in [4.69, 9.17) is 9.47 Å². The molecule has 0 aliphatic rings. The molecule has 0 aromatic heterocycles. The Morgan fingerprint density at radius 1 is 0.660 bits per heavy atom. The first kappa shape index (κ1) is 37.9. The first-order chi connectivity index (χ1) is 25.5. The number of rotatable bonds is 13. The summed E-state index contributed by atoms with van der Waals surface area (Å²) in [5.41, 5.74) is 5.39. The van der Waals surface area contributed by atoms with E-state index in [0.717, 1.165) is 39.9 Å². The van der Waals surface area contributed by atoms with Crippen LogP contribution in [-0.2, 0) is 32.3 Å². The highest BCUT2D eigenvalue weighted by atomic mass is 19.2. The summed E-state index contributed by atoms with van der Waals surface area (Å²) in [7, 11) is 0. The number of hydrogen-bond acceptors (Lipinski definition) is 6. The van der Waals surface area contributed by atoms with E-state index < -0.39 is 41.6 Å². The topological polar surface area (TPSA) is 123 Å². The number of carbonyl (C=O) groups is 4. The highest BCUT2D eigenvalue weighted by molar-refractivity contribution is 6.08. The molecule has 0 heterocycles. The van der Waals surface area contributed by atoms with Crippen molar-refractivity contribution in [3.8, 4) is 11.1 Å². The molecule has 3 N–H and O–H groups in total. The number of esters is 2. The molecule has 3 amide bonds. The van der Waals surface area contributed by atoms with Crippen molar-refractivity contribution >= 4 is 35.3 Å². The second-order valence-electron chi connectivity index (χ2n) is 12.5. The molecule has 9 nitrogen and oxygen atoms in total. The van der Waals surface area contributed by atoms with Crippen LogP contribution < -0.4 is 16.0 Å². The van der Waals surface area contributed by atoms with E-state index in [0.29, 0.717) is 16.8 Å². The van der Waals surface area contributed by atoms with Gasteiger partial charge in [0.25, 0.3) is 5.91 Å². The SMILES string of the molecule is Cc1cc(C)c(NC(=O)Nc2cc(-c3ccc(F)c(F)c3)ccc2C(=O)N[C@H](CCC(=O)OCc2ccccc2)C(=O)OCc2ccccc2)c(C)c1. The van der Waals surface area contributed by atoms with Crippen LogP contribution in [0.4, 0.5) is 25.0 Å². The Kier molecular flexibility index (Phi) is 12.7. The quantitative estimate of drug-likeness (QED) is 0.105. The van der Waals surface area contributed by atoms with Gasteiger partial charge < -0.3 is 25.4 Å². The summed E-state index contributed by atoms with van der Waals surface area (Å²) in [4.78, 5) is 53.4. The monoisotopic (exact) mass is 719 g/mol. The van der Waals surface area contributed by atoms with Crippen molar-refractivity contribution in [1.29, 1.82) is 0 Å². The second-order valence-corrected chi connectivity index (χ2v) is 12.5. The number of halogens is 2. The number of hydrogen-bond donors (Lipinski definition) is 3. The maximum Gasteiger partial charge on any atom is 0.328 e. The van der Waals surface area contributed by atoms with Crippen LogP contribution in [0, 0.1) is 32.4 Å². The van der Waals surface area contributed by atoms with Gasteiger partial charge in [-0.05, 0) is 84.8 Å². The number of benzene rings is 5. The Morgan fingerprint density at radius 3 is 1.87 bits per heavy atom. The summed E-state index contributed by atoms with van der Waals surface area (Å²) in [5.74, 6) is -4.23. The van der Waals surface area contributed by atoms with Crippen LogP contribution in [0.1, 0.15) is 51.0 Å². The van der Waals surface area contributed by atoms with Crippen molar-refractivity contribution in [2.75, 3.05) is 10.6 Å². The highest BCUT2D eigenvalue weighted by Gasteiger charge is 2.26. The fraction of sp³-hybridized carbons (Fsp3) is 0.190. The Labute approximate surface area is 306 Å². The first-order valence-electron chi connectivity index (χ1n) is 16.9. The molecule has 0 spiro atoms. The molecule has 0 unspecified atom stereocenters. The van der Waals surface area contributed by atoms with Gasteiger partial charge in [-0.25, -0.2) is 18.4 Å². The maximum atomic E-state index is 14.2. The molecule has 0 radical (unpaired) electrons. The largest absolute Gasteiger partial charge is 0.461 e. The lowest BCUT2D eigenvalue weighted by Crippen LogP contribution is -2.42. The van der Waals surface area contributed by atoms with E-state index in [9.17, 15) is 28.0 Å². The minimum absolute atomic E-state index is 0.0170. The first-order valence-corrected chi connectivity index (χ1v) is 16.9. The van der Waals surface area contributed by atoms with Crippen LogP contribution in [-0.4, -0.2) is 29.9 Å². The van der Waals surface area contributed by atoms with E-state index in [2.05, 4.69) is 16.0 Å². The van der Waals surface area contributed by atoms with Crippen molar-refractivity contribution < 1.29 is 37.4 Å². The van der Waals surface area contributed by atoms with Crippen LogP contribution >= 0.6 is 0 Å². The average Bonchev–Trinajstić information content (AvgIpc) is 3.14. The number of carbonyl (C=O) groups excluding carboxylic acids is 4. The van der Waals surface area contributed by atoms with Gasteiger partial charge in [-0.2, -0.15) is 0 Å². The molecule has 1 atom stereocenters. The van der Waals surface area contributed by atoms with Crippen LogP contribution in [0.15, 0.2) is 109 Å². The van der Waals surface area contributed by atoms with Gasteiger partial charge in [0.05, 0.1) is 11.3 Å². The summed E-state index contributed by atoms with van der Waals surface area (Å²) in [6, 6.07) is 27.6.